The van der Waals surface area contributed by atoms with E-state index < -0.39 is 0 Å². The minimum Gasteiger partial charge on any atom is -0.427 e. The molecule has 0 bridgehead atoms. The number of hydrogen-bond acceptors (Lipinski definition) is 4. The molecular formula is C15H22N4O. The van der Waals surface area contributed by atoms with Gasteiger partial charge in [0.05, 0.1) is 6.20 Å². The van der Waals surface area contributed by atoms with E-state index in [1.54, 1.807) is 6.20 Å². The lowest BCUT2D eigenvalue weighted by molar-refractivity contribution is 0.173. The van der Waals surface area contributed by atoms with E-state index in [1.807, 2.05) is 19.1 Å². The van der Waals surface area contributed by atoms with Crippen LogP contribution in [0.2, 0.25) is 0 Å². The molecule has 0 aliphatic heterocycles. The highest BCUT2D eigenvalue weighted by molar-refractivity contribution is 6.01. The molecule has 0 atom stereocenters. The molecule has 1 aromatic carbocycles. The Labute approximate surface area is 118 Å². The van der Waals surface area contributed by atoms with Crippen molar-refractivity contribution in [3.8, 4) is 0 Å². The molecule has 0 aliphatic rings. The van der Waals surface area contributed by atoms with E-state index in [9.17, 15) is 5.21 Å². The number of aromatic nitrogens is 1. The fourth-order valence-electron chi connectivity index (χ4n) is 2.28. The summed E-state index contributed by atoms with van der Waals surface area (Å²) in [5.41, 5.74) is 2.63. The van der Waals surface area contributed by atoms with Crippen molar-refractivity contribution in [2.45, 2.75) is 20.8 Å². The maximum atomic E-state index is 10.0. The fraction of sp³-hybridized carbons (Fsp3) is 0.400. The monoisotopic (exact) mass is 274 g/mol. The Kier molecular flexibility index (Phi) is 4.50. The second-order valence-electron chi connectivity index (χ2n) is 4.50. The topological polar surface area (TPSA) is 61.6 Å². The Morgan fingerprint density at radius 3 is 2.20 bits per heavy atom. The average Bonchev–Trinajstić information content (AvgIpc) is 2.43. The number of nitrogens with one attached hydrogen (secondary N) is 2. The van der Waals surface area contributed by atoms with Crippen molar-refractivity contribution >= 4 is 22.1 Å². The Bertz CT molecular complexity index is 661. The Balaban J connectivity index is 2.75. The molecule has 2 rings (SSSR count). The summed E-state index contributed by atoms with van der Waals surface area (Å²) in [5, 5.41) is 18.7. The first-order valence-electron chi connectivity index (χ1n) is 7.08. The van der Waals surface area contributed by atoms with Crippen LogP contribution in [-0.2, 0) is 0 Å². The lowest BCUT2D eigenvalue weighted by Crippen LogP contribution is -2.19. The van der Waals surface area contributed by atoms with Gasteiger partial charge in [0.15, 0.2) is 5.49 Å². The normalized spacial score (nSPS) is 11.8. The van der Waals surface area contributed by atoms with Crippen LogP contribution in [0, 0.1) is 0 Å². The molecule has 2 aromatic rings. The molecule has 0 amide bonds. The highest BCUT2D eigenvalue weighted by atomic mass is 16.5. The average molecular weight is 274 g/mol. The maximum absolute atomic E-state index is 10.0. The molecule has 0 unspecified atom stereocenters. The van der Waals surface area contributed by atoms with Crippen LogP contribution in [0.25, 0.3) is 10.8 Å². The number of pyridine rings is 1. The predicted octanol–water partition coefficient (Wildman–Crippen LogP) is 2.66. The van der Waals surface area contributed by atoms with Gasteiger partial charge < -0.3 is 15.8 Å². The third kappa shape index (κ3) is 2.71. The zero-order chi connectivity index (χ0) is 14.5. The minimum atomic E-state index is 0.563. The van der Waals surface area contributed by atoms with Gasteiger partial charge in [-0.05, 0) is 39.0 Å². The molecule has 0 spiro atoms. The summed E-state index contributed by atoms with van der Waals surface area (Å²) in [5.74, 6) is 0. The molecule has 5 nitrogen and oxygen atoms in total. The van der Waals surface area contributed by atoms with Gasteiger partial charge in [-0.1, -0.05) is 0 Å². The van der Waals surface area contributed by atoms with Crippen molar-refractivity contribution in [1.29, 1.82) is 0 Å². The van der Waals surface area contributed by atoms with E-state index >= 15 is 0 Å². The lowest BCUT2D eigenvalue weighted by Gasteiger charge is -2.14. The van der Waals surface area contributed by atoms with Crippen LogP contribution >= 0.6 is 0 Å². The molecule has 3 N–H and O–H groups in total. The first-order valence-corrected chi connectivity index (χ1v) is 7.08. The first-order chi connectivity index (χ1) is 9.71. The zero-order valence-electron chi connectivity index (χ0n) is 12.3. The van der Waals surface area contributed by atoms with Gasteiger partial charge in [0.1, 0.15) is 0 Å². The van der Waals surface area contributed by atoms with Gasteiger partial charge in [-0.15, -0.1) is 0 Å². The van der Waals surface area contributed by atoms with Gasteiger partial charge >= 0.3 is 0 Å². The highest BCUT2D eigenvalue weighted by Crippen LogP contribution is 2.28. The second kappa shape index (κ2) is 6.32. The van der Waals surface area contributed by atoms with Crippen molar-refractivity contribution in [3.63, 3.8) is 0 Å². The van der Waals surface area contributed by atoms with Crippen molar-refractivity contribution in [1.82, 2.24) is 4.73 Å². The fourth-order valence-corrected chi connectivity index (χ4v) is 2.28. The summed E-state index contributed by atoms with van der Waals surface area (Å²) >= 11 is 0. The van der Waals surface area contributed by atoms with E-state index in [4.69, 9.17) is 0 Å². The van der Waals surface area contributed by atoms with E-state index in [-0.39, 0.29) is 0 Å². The molecule has 1 aromatic heterocycles. The van der Waals surface area contributed by atoms with Crippen LogP contribution in [0.5, 0.6) is 0 Å². The SMILES string of the molecule is CCN=c1cc2c(NCC)ccc(NCC)c2cn1O. The van der Waals surface area contributed by atoms with Crippen molar-refractivity contribution in [2.75, 3.05) is 30.3 Å². The first kappa shape index (κ1) is 14.2. The van der Waals surface area contributed by atoms with Crippen LogP contribution in [0.15, 0.2) is 29.4 Å². The second-order valence-corrected chi connectivity index (χ2v) is 4.50. The van der Waals surface area contributed by atoms with Gasteiger partial charge in [0.25, 0.3) is 0 Å². The molecule has 0 radical (unpaired) electrons. The van der Waals surface area contributed by atoms with Crippen LogP contribution in [-0.4, -0.2) is 29.6 Å². The van der Waals surface area contributed by atoms with Crippen molar-refractivity contribution in [3.05, 3.63) is 29.9 Å². The standard InChI is InChI=1S/C15H22N4O/c1-4-16-13-7-8-14(17-5-2)12-10-19(20)15(18-6-3)9-11(12)13/h7-10,16-17,20H,4-6H2,1-3H3. The van der Waals surface area contributed by atoms with Crippen LogP contribution < -0.4 is 16.1 Å². The van der Waals surface area contributed by atoms with E-state index in [1.165, 1.54) is 0 Å². The summed E-state index contributed by atoms with van der Waals surface area (Å²) in [7, 11) is 0. The van der Waals surface area contributed by atoms with Crippen molar-refractivity contribution < 1.29 is 5.21 Å². The van der Waals surface area contributed by atoms with Gasteiger partial charge in [-0.25, -0.2) is 0 Å². The van der Waals surface area contributed by atoms with Gasteiger partial charge in [0.2, 0.25) is 0 Å². The van der Waals surface area contributed by atoms with Crippen LogP contribution in [0.4, 0.5) is 11.4 Å². The van der Waals surface area contributed by atoms with Crippen LogP contribution in [0.1, 0.15) is 20.8 Å². The van der Waals surface area contributed by atoms with Gasteiger partial charge in [-0.3, -0.25) is 4.99 Å². The Morgan fingerprint density at radius 1 is 1.05 bits per heavy atom. The number of rotatable bonds is 5. The number of fused-ring (bicyclic) bond motifs is 1. The van der Waals surface area contributed by atoms with E-state index in [2.05, 4.69) is 35.5 Å². The minimum absolute atomic E-state index is 0.563. The van der Waals surface area contributed by atoms with E-state index in [0.717, 1.165) is 40.0 Å². The summed E-state index contributed by atoms with van der Waals surface area (Å²) in [6.07, 6.45) is 1.71. The summed E-state index contributed by atoms with van der Waals surface area (Å²) < 4.78 is 1.09. The van der Waals surface area contributed by atoms with Gasteiger partial charge in [-0.2, -0.15) is 4.73 Å². The summed E-state index contributed by atoms with van der Waals surface area (Å²) in [6.45, 7) is 8.39. The molecule has 0 aliphatic carbocycles. The third-order valence-electron chi connectivity index (χ3n) is 3.10. The largest absolute Gasteiger partial charge is 0.427 e. The molecule has 0 saturated carbocycles. The highest BCUT2D eigenvalue weighted by Gasteiger charge is 2.07. The smallest absolute Gasteiger partial charge is 0.163 e. The number of benzene rings is 1. The van der Waals surface area contributed by atoms with E-state index in [0.29, 0.717) is 12.0 Å². The summed E-state index contributed by atoms with van der Waals surface area (Å²) in [6, 6.07) is 6.00. The molecule has 0 fully saturated rings. The Morgan fingerprint density at radius 2 is 1.65 bits per heavy atom. The zero-order valence-corrected chi connectivity index (χ0v) is 12.3. The molecular weight excluding hydrogens is 252 g/mol. The quantitative estimate of drug-likeness (QED) is 0.735. The molecule has 1 heterocycles. The number of nitrogens with zero attached hydrogens (tertiary/aromatic N) is 2. The number of hydrogen-bond donors (Lipinski definition) is 3. The molecule has 0 saturated heterocycles. The van der Waals surface area contributed by atoms with Gasteiger partial charge in [0, 0.05) is 41.8 Å². The molecule has 20 heavy (non-hydrogen) atoms. The molecule has 5 heteroatoms. The predicted molar refractivity (Wildman–Crippen MR) is 83.6 cm³/mol. The lowest BCUT2D eigenvalue weighted by atomic mass is 10.1. The Hall–Kier alpha value is -2.17. The number of anilines is 2. The maximum Gasteiger partial charge on any atom is 0.163 e. The van der Waals surface area contributed by atoms with Crippen LogP contribution in [0.3, 0.4) is 0 Å². The van der Waals surface area contributed by atoms with Crippen molar-refractivity contribution in [2.24, 2.45) is 4.99 Å². The third-order valence-corrected chi connectivity index (χ3v) is 3.10. The molecule has 108 valence electrons. The summed E-state index contributed by atoms with van der Waals surface area (Å²) in [4.78, 5) is 4.30.